The van der Waals surface area contributed by atoms with Crippen LogP contribution in [-0.2, 0) is 11.3 Å². The van der Waals surface area contributed by atoms with Gasteiger partial charge in [0.1, 0.15) is 0 Å². The van der Waals surface area contributed by atoms with Gasteiger partial charge in [-0.2, -0.15) is 0 Å². The van der Waals surface area contributed by atoms with Gasteiger partial charge in [0.15, 0.2) is 16.1 Å². The van der Waals surface area contributed by atoms with Crippen molar-refractivity contribution >= 4 is 45.7 Å². The van der Waals surface area contributed by atoms with Gasteiger partial charge in [0.25, 0.3) is 11.6 Å². The lowest BCUT2D eigenvalue weighted by Gasteiger charge is -2.15. The Kier molecular flexibility index (Phi) is 8.72. The quantitative estimate of drug-likeness (QED) is 0.152. The van der Waals surface area contributed by atoms with Crippen LogP contribution in [0.2, 0.25) is 0 Å². The molecule has 0 saturated carbocycles. The minimum absolute atomic E-state index is 0.0194. The van der Waals surface area contributed by atoms with Crippen molar-refractivity contribution < 1.29 is 14.5 Å². The number of benzene rings is 2. The molecule has 13 heteroatoms. The van der Waals surface area contributed by atoms with Gasteiger partial charge in [0, 0.05) is 34.7 Å². The third-order valence-corrected chi connectivity index (χ3v) is 7.62. The van der Waals surface area contributed by atoms with E-state index in [4.69, 9.17) is 0 Å². The van der Waals surface area contributed by atoms with Crippen LogP contribution in [0.1, 0.15) is 47.2 Å². The van der Waals surface area contributed by atoms with Crippen molar-refractivity contribution in [1.82, 2.24) is 25.1 Å². The van der Waals surface area contributed by atoms with Crippen molar-refractivity contribution in [3.05, 3.63) is 80.5 Å². The molecule has 0 aliphatic heterocycles. The van der Waals surface area contributed by atoms with Crippen LogP contribution in [0.3, 0.4) is 0 Å². The summed E-state index contributed by atoms with van der Waals surface area (Å²) in [4.78, 5) is 40.5. The SMILES string of the molecule is CCn1c(SCC(=O)Nc2nc(-c3ccc(C)c([N+](=O)[O-])c3)cs2)nnc1[C@H](C)NC(=O)c1ccc(C)cc1. The predicted octanol–water partition coefficient (Wildman–Crippen LogP) is 5.17. The third-order valence-electron chi connectivity index (χ3n) is 5.89. The Hall–Kier alpha value is -4.10. The number of nitrogens with one attached hydrogen (secondary N) is 2. The molecule has 0 aliphatic rings. The van der Waals surface area contributed by atoms with Gasteiger partial charge in [0.05, 0.1) is 22.4 Å². The first-order chi connectivity index (χ1) is 18.7. The molecule has 0 fully saturated rings. The summed E-state index contributed by atoms with van der Waals surface area (Å²) in [6, 6.07) is 11.8. The number of rotatable bonds is 10. The highest BCUT2D eigenvalue weighted by Crippen LogP contribution is 2.29. The van der Waals surface area contributed by atoms with E-state index in [2.05, 4.69) is 25.8 Å². The molecule has 2 aromatic carbocycles. The fourth-order valence-corrected chi connectivity index (χ4v) is 5.33. The van der Waals surface area contributed by atoms with Crippen LogP contribution in [0.15, 0.2) is 53.0 Å². The van der Waals surface area contributed by atoms with E-state index >= 15 is 0 Å². The maximum absolute atomic E-state index is 12.6. The first-order valence-electron chi connectivity index (χ1n) is 12.1. The number of hydrogen-bond acceptors (Lipinski definition) is 9. The summed E-state index contributed by atoms with van der Waals surface area (Å²) in [6.45, 7) is 7.99. The number of nitro benzene ring substituents is 1. The highest BCUT2D eigenvalue weighted by Gasteiger charge is 2.21. The van der Waals surface area contributed by atoms with Crippen LogP contribution in [0.5, 0.6) is 0 Å². The first kappa shape index (κ1) is 27.9. The number of carbonyl (C=O) groups excluding carboxylic acids is 2. The van der Waals surface area contributed by atoms with Gasteiger partial charge in [-0.1, -0.05) is 41.6 Å². The smallest absolute Gasteiger partial charge is 0.272 e. The number of carbonyl (C=O) groups is 2. The van der Waals surface area contributed by atoms with E-state index in [1.54, 1.807) is 36.6 Å². The number of aromatic nitrogens is 4. The van der Waals surface area contributed by atoms with Gasteiger partial charge in [-0.15, -0.1) is 21.5 Å². The molecule has 1 atom stereocenters. The third kappa shape index (κ3) is 6.67. The maximum atomic E-state index is 12.6. The monoisotopic (exact) mass is 565 g/mol. The van der Waals surface area contributed by atoms with E-state index < -0.39 is 4.92 Å². The molecular formula is C26H27N7O4S2. The summed E-state index contributed by atoms with van der Waals surface area (Å²) in [7, 11) is 0. The van der Waals surface area contributed by atoms with Gasteiger partial charge in [-0.25, -0.2) is 4.98 Å². The van der Waals surface area contributed by atoms with Crippen LogP contribution < -0.4 is 10.6 Å². The topological polar surface area (TPSA) is 145 Å². The molecule has 11 nitrogen and oxygen atoms in total. The van der Waals surface area contributed by atoms with Crippen molar-refractivity contribution in [1.29, 1.82) is 0 Å². The standard InChI is InChI=1S/C26H27N7O4S2/c1-5-32-23(17(4)27-24(35)18-9-6-15(2)7-10-18)30-31-26(32)39-14-22(34)29-25-28-20(13-38-25)19-11-8-16(3)21(12-19)33(36)37/h6-13,17H,5,14H2,1-4H3,(H,27,35)(H,28,29,34)/t17-/m0/s1. The van der Waals surface area contributed by atoms with Gasteiger partial charge in [-0.05, 0) is 39.8 Å². The van der Waals surface area contributed by atoms with Crippen LogP contribution in [-0.4, -0.2) is 42.2 Å². The predicted molar refractivity (Wildman–Crippen MR) is 151 cm³/mol. The average molecular weight is 566 g/mol. The summed E-state index contributed by atoms with van der Waals surface area (Å²) in [5.74, 6) is 0.193. The zero-order valence-electron chi connectivity index (χ0n) is 21.8. The van der Waals surface area contributed by atoms with Gasteiger partial charge in [0.2, 0.25) is 5.91 Å². The molecule has 2 N–H and O–H groups in total. The average Bonchev–Trinajstić information content (AvgIpc) is 3.54. The lowest BCUT2D eigenvalue weighted by Crippen LogP contribution is -2.28. The van der Waals surface area contributed by atoms with E-state index in [0.29, 0.717) is 45.0 Å². The highest BCUT2D eigenvalue weighted by atomic mass is 32.2. The molecule has 2 amide bonds. The van der Waals surface area contributed by atoms with Gasteiger partial charge in [-0.3, -0.25) is 19.7 Å². The Morgan fingerprint density at radius 2 is 1.90 bits per heavy atom. The van der Waals surface area contributed by atoms with Gasteiger partial charge >= 0.3 is 0 Å². The van der Waals surface area contributed by atoms with Crippen LogP contribution >= 0.6 is 23.1 Å². The number of nitro groups is 1. The molecule has 4 aromatic rings. The normalized spacial score (nSPS) is 11.7. The van der Waals surface area contributed by atoms with E-state index in [-0.39, 0.29) is 29.3 Å². The molecule has 0 unspecified atom stereocenters. The molecule has 202 valence electrons. The molecule has 2 aromatic heterocycles. The highest BCUT2D eigenvalue weighted by molar-refractivity contribution is 7.99. The van der Waals surface area contributed by atoms with Crippen LogP contribution in [0.4, 0.5) is 10.8 Å². The minimum atomic E-state index is -0.426. The Balaban J connectivity index is 1.36. The molecule has 0 spiro atoms. The van der Waals surface area contributed by atoms with E-state index in [1.165, 1.54) is 29.2 Å². The largest absolute Gasteiger partial charge is 0.342 e. The second-order valence-electron chi connectivity index (χ2n) is 8.78. The zero-order valence-corrected chi connectivity index (χ0v) is 23.4. The fourth-order valence-electron chi connectivity index (χ4n) is 3.79. The number of amides is 2. The Morgan fingerprint density at radius 1 is 1.15 bits per heavy atom. The van der Waals surface area contributed by atoms with Crippen molar-refractivity contribution in [2.45, 2.75) is 45.4 Å². The maximum Gasteiger partial charge on any atom is 0.272 e. The lowest BCUT2D eigenvalue weighted by atomic mass is 10.1. The summed E-state index contributed by atoms with van der Waals surface area (Å²) >= 11 is 2.47. The Labute approximate surface area is 233 Å². The molecule has 0 radical (unpaired) electrons. The van der Waals surface area contributed by atoms with Crippen LogP contribution in [0.25, 0.3) is 11.3 Å². The minimum Gasteiger partial charge on any atom is -0.342 e. The second kappa shape index (κ2) is 12.2. The summed E-state index contributed by atoms with van der Waals surface area (Å²) in [6.07, 6.45) is 0. The molecule has 0 aliphatic carbocycles. The molecular weight excluding hydrogens is 538 g/mol. The molecule has 2 heterocycles. The fraction of sp³-hybridized carbons (Fsp3) is 0.269. The molecule has 4 rings (SSSR count). The Bertz CT molecular complexity index is 1510. The van der Waals surface area contributed by atoms with Crippen molar-refractivity contribution in [3.8, 4) is 11.3 Å². The lowest BCUT2D eigenvalue weighted by molar-refractivity contribution is -0.385. The first-order valence-corrected chi connectivity index (χ1v) is 14.0. The Morgan fingerprint density at radius 3 is 2.59 bits per heavy atom. The summed E-state index contributed by atoms with van der Waals surface area (Å²) in [5, 5.41) is 28.1. The number of aryl methyl sites for hydroxylation is 2. The van der Waals surface area contributed by atoms with Crippen molar-refractivity contribution in [2.24, 2.45) is 0 Å². The number of thiazole rings is 1. The summed E-state index contributed by atoms with van der Waals surface area (Å²) in [5.41, 5.74) is 3.37. The zero-order chi connectivity index (χ0) is 28.1. The molecule has 0 bridgehead atoms. The van der Waals surface area contributed by atoms with Gasteiger partial charge < -0.3 is 15.2 Å². The number of anilines is 1. The van der Waals surface area contributed by atoms with E-state index in [9.17, 15) is 19.7 Å². The number of thioether (sulfide) groups is 1. The van der Waals surface area contributed by atoms with E-state index in [1.807, 2.05) is 37.5 Å². The second-order valence-corrected chi connectivity index (χ2v) is 10.6. The number of hydrogen-bond donors (Lipinski definition) is 2. The van der Waals surface area contributed by atoms with Crippen LogP contribution in [0, 0.1) is 24.0 Å². The van der Waals surface area contributed by atoms with E-state index in [0.717, 1.165) is 5.56 Å². The van der Waals surface area contributed by atoms with Crippen molar-refractivity contribution in [3.63, 3.8) is 0 Å². The van der Waals surface area contributed by atoms with Crippen molar-refractivity contribution in [2.75, 3.05) is 11.1 Å². The molecule has 0 saturated heterocycles. The molecule has 39 heavy (non-hydrogen) atoms. The summed E-state index contributed by atoms with van der Waals surface area (Å²) < 4.78 is 1.86. The number of nitrogens with zero attached hydrogens (tertiary/aromatic N) is 5.